The van der Waals surface area contributed by atoms with Crippen LogP contribution in [0.3, 0.4) is 0 Å². The van der Waals surface area contributed by atoms with Crippen LogP contribution in [0.25, 0.3) is 0 Å². The van der Waals surface area contributed by atoms with Gasteiger partial charge in [0.05, 0.1) is 12.0 Å². The van der Waals surface area contributed by atoms with E-state index in [9.17, 15) is 14.4 Å². The lowest BCUT2D eigenvalue weighted by Gasteiger charge is -2.70. The van der Waals surface area contributed by atoms with Gasteiger partial charge in [0.1, 0.15) is 5.75 Å². The molecule has 1 aliphatic heterocycles. The number of Topliss-reactive ketones (excluding diaryl/α,β-unsaturated/α-hetero) is 2. The van der Waals surface area contributed by atoms with E-state index in [2.05, 4.69) is 10.3 Å². The summed E-state index contributed by atoms with van der Waals surface area (Å²) < 4.78 is 11.2. The molecule has 32 heavy (non-hydrogen) atoms. The van der Waals surface area contributed by atoms with E-state index >= 15 is 0 Å². The van der Waals surface area contributed by atoms with Crippen molar-refractivity contribution in [1.82, 2.24) is 10.3 Å². The Labute approximate surface area is 190 Å². The van der Waals surface area contributed by atoms with Gasteiger partial charge >= 0.3 is 0 Å². The molecule has 6 rings (SSSR count). The Morgan fingerprint density at radius 2 is 2.03 bits per heavy atom. The van der Waals surface area contributed by atoms with Crippen LogP contribution in [-0.2, 0) is 9.59 Å². The lowest BCUT2D eigenvalue weighted by molar-refractivity contribution is -0.175. The summed E-state index contributed by atoms with van der Waals surface area (Å²) in [7, 11) is 0. The highest BCUT2D eigenvalue weighted by Gasteiger charge is 2.68. The van der Waals surface area contributed by atoms with Crippen LogP contribution in [0, 0.1) is 12.3 Å². The Kier molecular flexibility index (Phi) is 4.97. The zero-order valence-electron chi connectivity index (χ0n) is 17.7. The molecule has 1 aromatic carbocycles. The average molecular weight is 455 g/mol. The minimum atomic E-state index is -0.758. The molecule has 1 atom stereocenters. The highest BCUT2D eigenvalue weighted by Crippen LogP contribution is 2.69. The summed E-state index contributed by atoms with van der Waals surface area (Å²) in [6.07, 6.45) is 3.59. The number of fused-ring (bicyclic) bond motifs is 1. The minimum absolute atomic E-state index is 0.0362. The average Bonchev–Trinajstić information content (AvgIpc) is 2.71. The highest BCUT2D eigenvalue weighted by molar-refractivity contribution is 6.31. The Morgan fingerprint density at radius 1 is 1.25 bits per heavy atom. The number of nitrogens with zero attached hydrogens (tertiary/aromatic N) is 1. The van der Waals surface area contributed by atoms with Crippen LogP contribution >= 0.6 is 11.6 Å². The van der Waals surface area contributed by atoms with Crippen molar-refractivity contribution >= 4 is 29.1 Å². The summed E-state index contributed by atoms with van der Waals surface area (Å²) in [5, 5.41) is 3.51. The fraction of sp³-hybridized carbons (Fsp3) is 0.417. The van der Waals surface area contributed by atoms with Gasteiger partial charge in [-0.1, -0.05) is 17.7 Å². The molecule has 4 aliphatic rings. The maximum absolute atomic E-state index is 12.8. The van der Waals surface area contributed by atoms with E-state index in [1.165, 1.54) is 0 Å². The van der Waals surface area contributed by atoms with Gasteiger partial charge < -0.3 is 14.8 Å². The van der Waals surface area contributed by atoms with Gasteiger partial charge in [-0.15, -0.1) is 0 Å². The number of ether oxygens (including phenoxy) is 2. The van der Waals surface area contributed by atoms with Crippen molar-refractivity contribution in [2.24, 2.45) is 5.41 Å². The molecule has 1 amide bonds. The van der Waals surface area contributed by atoms with Crippen molar-refractivity contribution in [3.05, 3.63) is 52.7 Å². The molecular weight excluding hydrogens is 432 g/mol. The first-order valence-corrected chi connectivity index (χ1v) is 11.0. The van der Waals surface area contributed by atoms with Crippen molar-refractivity contribution in [3.8, 4) is 11.6 Å². The van der Waals surface area contributed by atoms with Gasteiger partial charge in [0.2, 0.25) is 5.88 Å². The zero-order chi connectivity index (χ0) is 22.5. The van der Waals surface area contributed by atoms with Crippen molar-refractivity contribution in [2.45, 2.75) is 50.7 Å². The monoisotopic (exact) mass is 454 g/mol. The number of carbonyl (C=O) groups excluding carboxylic acids is 3. The first kappa shape index (κ1) is 20.9. The zero-order valence-corrected chi connectivity index (χ0v) is 18.4. The smallest absolute Gasteiger partial charge is 0.258 e. The predicted octanol–water partition coefficient (Wildman–Crippen LogP) is 3.45. The van der Waals surface area contributed by atoms with Crippen LogP contribution < -0.4 is 14.8 Å². The molecule has 1 aromatic heterocycles. The van der Waals surface area contributed by atoms with E-state index in [0.717, 1.165) is 24.8 Å². The number of nitrogens with one attached hydrogen (secondary N) is 1. The molecule has 2 bridgehead atoms. The van der Waals surface area contributed by atoms with Gasteiger partial charge in [-0.05, 0) is 55.4 Å². The third-order valence-corrected chi connectivity index (χ3v) is 6.81. The van der Waals surface area contributed by atoms with Gasteiger partial charge in [0.25, 0.3) is 5.91 Å². The molecule has 166 valence electrons. The Balaban J connectivity index is 1.10. The Hall–Kier alpha value is -2.93. The molecule has 0 saturated heterocycles. The summed E-state index contributed by atoms with van der Waals surface area (Å²) in [4.78, 5) is 41.6. The maximum Gasteiger partial charge on any atom is 0.258 e. The number of benzene rings is 1. The molecular formula is C24H23ClN2O5. The number of aryl methyl sites for hydroxylation is 1. The lowest BCUT2D eigenvalue weighted by atomic mass is 9.38. The molecule has 0 radical (unpaired) electrons. The quantitative estimate of drug-likeness (QED) is 0.688. The third-order valence-electron chi connectivity index (χ3n) is 6.57. The third kappa shape index (κ3) is 3.86. The molecule has 8 heteroatoms. The number of hydrogen-bond donors (Lipinski definition) is 1. The molecule has 0 unspecified atom stereocenters. The summed E-state index contributed by atoms with van der Waals surface area (Å²) >= 11 is 5.95. The van der Waals surface area contributed by atoms with E-state index in [-0.39, 0.29) is 41.5 Å². The topological polar surface area (TPSA) is 94.6 Å². The van der Waals surface area contributed by atoms with E-state index in [4.69, 9.17) is 21.1 Å². The van der Waals surface area contributed by atoms with Crippen LogP contribution in [0.5, 0.6) is 11.6 Å². The summed E-state index contributed by atoms with van der Waals surface area (Å²) in [5.74, 6) is 0.442. The number of rotatable bonds is 7. The van der Waals surface area contributed by atoms with Gasteiger partial charge in [-0.2, -0.15) is 0 Å². The van der Waals surface area contributed by atoms with Crippen LogP contribution in [0.2, 0.25) is 5.02 Å². The number of carbonyl (C=O) groups is 3. The normalized spacial score (nSPS) is 27.3. The summed E-state index contributed by atoms with van der Waals surface area (Å²) in [6.45, 7) is 1.84. The van der Waals surface area contributed by atoms with Gasteiger partial charge in [0, 0.05) is 29.2 Å². The number of aromatic nitrogens is 1. The second-order valence-electron chi connectivity index (χ2n) is 9.34. The summed E-state index contributed by atoms with van der Waals surface area (Å²) in [5.41, 5.74) is 1.11. The van der Waals surface area contributed by atoms with Gasteiger partial charge in [-0.3, -0.25) is 14.4 Å². The largest absolute Gasteiger partial charge is 0.481 e. The Morgan fingerprint density at radius 3 is 2.75 bits per heavy atom. The van der Waals surface area contributed by atoms with Crippen LogP contribution in [0.1, 0.15) is 48.0 Å². The molecule has 7 nitrogen and oxygen atoms in total. The van der Waals surface area contributed by atoms with Crippen LogP contribution in [0.4, 0.5) is 0 Å². The highest BCUT2D eigenvalue weighted by atomic mass is 35.5. The predicted molar refractivity (Wildman–Crippen MR) is 116 cm³/mol. The molecule has 3 saturated carbocycles. The number of amides is 1. The SMILES string of the molecule is Cc1ccc(OCC(=O)NC23CC(CC(=O)[C@H]4CC(=O)c5cc(Cl)ccc5O4)(C2)C3)nc1. The van der Waals surface area contributed by atoms with Crippen molar-refractivity contribution < 1.29 is 23.9 Å². The van der Waals surface area contributed by atoms with Crippen molar-refractivity contribution in [2.75, 3.05) is 6.61 Å². The van der Waals surface area contributed by atoms with Gasteiger partial charge in [-0.25, -0.2) is 4.98 Å². The first-order valence-electron chi connectivity index (χ1n) is 10.6. The molecule has 1 N–H and O–H groups in total. The van der Waals surface area contributed by atoms with Crippen LogP contribution in [-0.4, -0.2) is 40.7 Å². The maximum atomic E-state index is 12.8. The van der Waals surface area contributed by atoms with Crippen molar-refractivity contribution in [3.63, 3.8) is 0 Å². The van der Waals surface area contributed by atoms with E-state index in [0.29, 0.717) is 28.6 Å². The van der Waals surface area contributed by atoms with E-state index in [1.807, 2.05) is 13.0 Å². The molecule has 3 fully saturated rings. The number of ketones is 2. The first-order chi connectivity index (χ1) is 15.2. The fourth-order valence-electron chi connectivity index (χ4n) is 5.29. The summed E-state index contributed by atoms with van der Waals surface area (Å²) in [6, 6.07) is 8.46. The molecule has 2 heterocycles. The number of hydrogen-bond acceptors (Lipinski definition) is 6. The Bertz CT molecular complexity index is 1090. The minimum Gasteiger partial charge on any atom is -0.481 e. The molecule has 3 aliphatic carbocycles. The van der Waals surface area contributed by atoms with Crippen molar-refractivity contribution in [1.29, 1.82) is 0 Å². The second kappa shape index (κ2) is 7.59. The van der Waals surface area contributed by atoms with Gasteiger partial charge in [0.15, 0.2) is 24.3 Å². The molecule has 0 spiro atoms. The van der Waals surface area contributed by atoms with E-state index in [1.54, 1.807) is 30.5 Å². The van der Waals surface area contributed by atoms with Crippen LogP contribution in [0.15, 0.2) is 36.5 Å². The molecule has 2 aromatic rings. The second-order valence-corrected chi connectivity index (χ2v) is 9.78. The number of halogens is 1. The van der Waals surface area contributed by atoms with E-state index < -0.39 is 6.10 Å². The number of pyridine rings is 1. The standard InChI is InChI=1S/C24H23ClN2O5/c1-14-2-5-22(26-9-14)31-10-21(30)27-24-11-23(12-24,13-24)8-18(29)20-7-17(28)16-6-15(25)3-4-19(16)32-20/h2-6,9,20H,7-8,10-13H2,1H3,(H,27,30)/t20-,23?,24?/m1/s1. The fourth-order valence-corrected chi connectivity index (χ4v) is 5.46. The lowest BCUT2D eigenvalue weighted by Crippen LogP contribution is -2.75.